The molecule has 0 saturated carbocycles. The third-order valence-corrected chi connectivity index (χ3v) is 3.62. The molecule has 0 saturated heterocycles. The molecular formula is C18H16FN3O. The van der Waals surface area contributed by atoms with Gasteiger partial charge in [-0.15, -0.1) is 0 Å². The van der Waals surface area contributed by atoms with Crippen LogP contribution in [0, 0.1) is 5.82 Å². The minimum absolute atomic E-state index is 0.304. The van der Waals surface area contributed by atoms with Gasteiger partial charge in [-0.1, -0.05) is 36.4 Å². The maximum Gasteiger partial charge on any atom is 0.270 e. The Hall–Kier alpha value is -2.95. The van der Waals surface area contributed by atoms with Gasteiger partial charge in [-0.3, -0.25) is 9.36 Å². The van der Waals surface area contributed by atoms with Crippen LogP contribution in [-0.4, -0.2) is 15.5 Å². The lowest BCUT2D eigenvalue weighted by molar-refractivity contribution is 0.0932. The number of aromatic nitrogens is 2. The van der Waals surface area contributed by atoms with Gasteiger partial charge in [-0.25, -0.2) is 9.37 Å². The van der Waals surface area contributed by atoms with Crippen molar-refractivity contribution in [1.29, 1.82) is 0 Å². The lowest BCUT2D eigenvalue weighted by Crippen LogP contribution is -2.28. The van der Waals surface area contributed by atoms with E-state index in [0.717, 1.165) is 5.69 Å². The van der Waals surface area contributed by atoms with Crippen molar-refractivity contribution in [2.45, 2.75) is 13.0 Å². The van der Waals surface area contributed by atoms with Gasteiger partial charge < -0.3 is 5.32 Å². The smallest absolute Gasteiger partial charge is 0.270 e. The monoisotopic (exact) mass is 309 g/mol. The van der Waals surface area contributed by atoms with Crippen LogP contribution in [0.5, 0.6) is 0 Å². The van der Waals surface area contributed by atoms with Crippen LogP contribution in [-0.2, 0) is 0 Å². The van der Waals surface area contributed by atoms with E-state index < -0.39 is 6.04 Å². The Bertz CT molecular complexity index is 814. The number of para-hydroxylation sites is 1. The normalized spacial score (nSPS) is 11.9. The van der Waals surface area contributed by atoms with Gasteiger partial charge in [0.15, 0.2) is 0 Å². The first kappa shape index (κ1) is 15.0. The van der Waals surface area contributed by atoms with Crippen molar-refractivity contribution < 1.29 is 9.18 Å². The predicted octanol–water partition coefficient (Wildman–Crippen LogP) is 3.50. The van der Waals surface area contributed by atoms with Crippen LogP contribution in [0.3, 0.4) is 0 Å². The largest absolute Gasteiger partial charge is 0.344 e. The van der Waals surface area contributed by atoms with E-state index in [-0.39, 0.29) is 11.7 Å². The van der Waals surface area contributed by atoms with Crippen molar-refractivity contribution in [3.05, 3.63) is 84.2 Å². The number of imidazole rings is 1. The van der Waals surface area contributed by atoms with Crippen LogP contribution in [0.1, 0.15) is 29.0 Å². The van der Waals surface area contributed by atoms with Crippen LogP contribution < -0.4 is 5.32 Å². The Labute approximate surface area is 133 Å². The lowest BCUT2D eigenvalue weighted by Gasteiger charge is -2.15. The molecule has 3 aromatic rings. The molecule has 23 heavy (non-hydrogen) atoms. The molecule has 0 aliphatic heterocycles. The molecule has 0 spiro atoms. The van der Waals surface area contributed by atoms with Crippen molar-refractivity contribution in [1.82, 2.24) is 14.9 Å². The maximum absolute atomic E-state index is 13.8. The summed E-state index contributed by atoms with van der Waals surface area (Å²) in [4.78, 5) is 16.5. The molecule has 1 heterocycles. The van der Waals surface area contributed by atoms with Gasteiger partial charge in [0.1, 0.15) is 11.5 Å². The van der Waals surface area contributed by atoms with Crippen LogP contribution in [0.4, 0.5) is 4.39 Å². The molecule has 0 radical (unpaired) electrons. The summed E-state index contributed by atoms with van der Waals surface area (Å²) in [6, 6.07) is 15.4. The number of carbonyl (C=O) groups is 1. The Kier molecular flexibility index (Phi) is 4.19. The highest BCUT2D eigenvalue weighted by molar-refractivity contribution is 5.93. The summed E-state index contributed by atoms with van der Waals surface area (Å²) in [5.74, 6) is -0.640. The molecule has 1 atom stereocenters. The first-order valence-corrected chi connectivity index (χ1v) is 7.30. The Morgan fingerprint density at radius 3 is 2.57 bits per heavy atom. The minimum atomic E-state index is -0.442. The molecule has 4 nitrogen and oxygen atoms in total. The molecule has 1 N–H and O–H groups in total. The molecule has 1 amide bonds. The van der Waals surface area contributed by atoms with E-state index in [2.05, 4.69) is 10.3 Å². The first-order valence-electron chi connectivity index (χ1n) is 7.30. The number of nitrogens with one attached hydrogen (secondary N) is 1. The molecule has 0 bridgehead atoms. The number of hydrogen-bond acceptors (Lipinski definition) is 2. The number of nitrogens with zero attached hydrogens (tertiary/aromatic N) is 2. The molecule has 3 rings (SSSR count). The Morgan fingerprint density at radius 2 is 1.83 bits per heavy atom. The highest BCUT2D eigenvalue weighted by atomic mass is 19.1. The zero-order valence-corrected chi connectivity index (χ0v) is 12.6. The van der Waals surface area contributed by atoms with E-state index >= 15 is 0 Å². The summed E-state index contributed by atoms with van der Waals surface area (Å²) < 4.78 is 15.5. The number of benzene rings is 2. The highest BCUT2D eigenvalue weighted by Gasteiger charge is 2.17. The fraction of sp³-hybridized carbons (Fsp3) is 0.111. The van der Waals surface area contributed by atoms with E-state index in [9.17, 15) is 9.18 Å². The lowest BCUT2D eigenvalue weighted by atomic mass is 10.1. The van der Waals surface area contributed by atoms with E-state index in [1.54, 1.807) is 36.0 Å². The van der Waals surface area contributed by atoms with Gasteiger partial charge in [0.25, 0.3) is 5.91 Å². The standard InChI is InChI=1S/C18H16FN3O/c1-13(15-9-5-6-10-16(15)19)21-18(23)17-11-20-12-22(17)14-7-3-2-4-8-14/h2-13H,1H3,(H,21,23)/t13-/m1/s1. The third-order valence-electron chi connectivity index (χ3n) is 3.62. The van der Waals surface area contributed by atoms with E-state index in [0.29, 0.717) is 11.3 Å². The first-order chi connectivity index (χ1) is 11.2. The van der Waals surface area contributed by atoms with E-state index in [4.69, 9.17) is 0 Å². The fourth-order valence-electron chi connectivity index (χ4n) is 2.43. The van der Waals surface area contributed by atoms with Crippen molar-refractivity contribution in [2.75, 3.05) is 0 Å². The van der Waals surface area contributed by atoms with E-state index in [1.807, 2.05) is 30.3 Å². The second-order valence-corrected chi connectivity index (χ2v) is 5.20. The molecule has 1 aromatic heterocycles. The molecule has 0 fully saturated rings. The molecular weight excluding hydrogens is 293 g/mol. The number of halogens is 1. The van der Waals surface area contributed by atoms with Crippen molar-refractivity contribution in [3.63, 3.8) is 0 Å². The predicted molar refractivity (Wildman–Crippen MR) is 85.8 cm³/mol. The van der Waals surface area contributed by atoms with Gasteiger partial charge in [-0.05, 0) is 25.1 Å². The molecule has 0 aliphatic carbocycles. The maximum atomic E-state index is 13.8. The summed E-state index contributed by atoms with van der Waals surface area (Å²) in [7, 11) is 0. The average Bonchev–Trinajstić information content (AvgIpc) is 3.05. The molecule has 116 valence electrons. The number of hydrogen-bond donors (Lipinski definition) is 1. The van der Waals surface area contributed by atoms with Crippen molar-refractivity contribution in [2.24, 2.45) is 0 Å². The zero-order chi connectivity index (χ0) is 16.2. The van der Waals surface area contributed by atoms with Crippen molar-refractivity contribution in [3.8, 4) is 5.69 Å². The minimum Gasteiger partial charge on any atom is -0.344 e. The molecule has 0 aliphatic rings. The summed E-state index contributed by atoms with van der Waals surface area (Å²) in [6.07, 6.45) is 3.08. The SMILES string of the molecule is C[C@@H](NC(=O)c1cncn1-c1ccccc1)c1ccccc1F. The quantitative estimate of drug-likeness (QED) is 0.802. The fourth-order valence-corrected chi connectivity index (χ4v) is 2.43. The summed E-state index contributed by atoms with van der Waals surface area (Å²) in [5, 5.41) is 2.81. The van der Waals surface area contributed by atoms with Crippen LogP contribution in [0.2, 0.25) is 0 Å². The highest BCUT2D eigenvalue weighted by Crippen LogP contribution is 2.17. The van der Waals surface area contributed by atoms with Crippen LogP contribution >= 0.6 is 0 Å². The van der Waals surface area contributed by atoms with Gasteiger partial charge >= 0.3 is 0 Å². The van der Waals surface area contributed by atoms with E-state index in [1.165, 1.54) is 12.3 Å². The second kappa shape index (κ2) is 6.44. The molecule has 0 unspecified atom stereocenters. The molecule has 5 heteroatoms. The average molecular weight is 309 g/mol. The topological polar surface area (TPSA) is 46.9 Å². The molecule has 2 aromatic carbocycles. The van der Waals surface area contributed by atoms with Crippen LogP contribution in [0.25, 0.3) is 5.69 Å². The number of amides is 1. The summed E-state index contributed by atoms with van der Waals surface area (Å²) >= 11 is 0. The van der Waals surface area contributed by atoms with Gasteiger partial charge in [0.2, 0.25) is 0 Å². The van der Waals surface area contributed by atoms with Gasteiger partial charge in [0.05, 0.1) is 18.6 Å². The number of rotatable bonds is 4. The van der Waals surface area contributed by atoms with Crippen LogP contribution in [0.15, 0.2) is 67.1 Å². The summed E-state index contributed by atoms with van der Waals surface area (Å²) in [5.41, 5.74) is 1.69. The van der Waals surface area contributed by atoms with Crippen molar-refractivity contribution >= 4 is 5.91 Å². The third kappa shape index (κ3) is 3.13. The van der Waals surface area contributed by atoms with Gasteiger partial charge in [-0.2, -0.15) is 0 Å². The number of carbonyl (C=O) groups excluding carboxylic acids is 1. The Balaban J connectivity index is 1.83. The summed E-state index contributed by atoms with van der Waals surface area (Å²) in [6.45, 7) is 1.75. The van der Waals surface area contributed by atoms with Gasteiger partial charge in [0, 0.05) is 11.3 Å². The zero-order valence-electron chi connectivity index (χ0n) is 12.6. The Morgan fingerprint density at radius 1 is 1.13 bits per heavy atom. The second-order valence-electron chi connectivity index (χ2n) is 5.20.